The number of rotatable bonds is 4. The Balaban J connectivity index is 1.71. The molecule has 2 saturated heterocycles. The Morgan fingerprint density at radius 2 is 1.96 bits per heavy atom. The number of carbonyl (C=O) groups is 1. The maximum atomic E-state index is 12.7. The van der Waals surface area contributed by atoms with Gasteiger partial charge in [-0.15, -0.1) is 0 Å². The van der Waals surface area contributed by atoms with Gasteiger partial charge in [-0.2, -0.15) is 0 Å². The molecule has 3 heterocycles. The average molecular weight is 352 g/mol. The van der Waals surface area contributed by atoms with Crippen molar-refractivity contribution in [2.75, 3.05) is 52.5 Å². The van der Waals surface area contributed by atoms with Crippen molar-refractivity contribution in [2.24, 2.45) is 11.8 Å². The van der Waals surface area contributed by atoms with E-state index < -0.39 is 17.2 Å². The van der Waals surface area contributed by atoms with E-state index in [-0.39, 0.29) is 24.0 Å². The molecule has 1 aromatic rings. The van der Waals surface area contributed by atoms with E-state index in [2.05, 4.69) is 14.9 Å². The van der Waals surface area contributed by atoms with E-state index in [0.29, 0.717) is 26.3 Å². The number of hydrogen-bond donors (Lipinski definition) is 3. The first-order valence-corrected chi connectivity index (χ1v) is 8.59. The molecule has 1 aromatic heterocycles. The topological polar surface area (TPSA) is 119 Å². The van der Waals surface area contributed by atoms with E-state index in [4.69, 9.17) is 4.74 Å². The van der Waals surface area contributed by atoms with Gasteiger partial charge in [0.1, 0.15) is 5.56 Å². The maximum Gasteiger partial charge on any atom is 0.325 e. The van der Waals surface area contributed by atoms with E-state index in [0.717, 1.165) is 32.3 Å². The number of nitrogens with zero attached hydrogens (tertiary/aromatic N) is 2. The first-order valence-electron chi connectivity index (χ1n) is 8.59. The Bertz CT molecular complexity index is 709. The number of aliphatic hydroxyl groups excluding tert-OH is 1. The SMILES string of the molecule is O=C(c1c[nH]c(=O)[nH]c1=O)N1C[C@@H](CN2CCOCC2)C[C@H](CO)C1. The molecular weight excluding hydrogens is 328 g/mol. The van der Waals surface area contributed by atoms with Crippen LogP contribution in [0.4, 0.5) is 0 Å². The monoisotopic (exact) mass is 352 g/mol. The minimum atomic E-state index is -0.690. The number of aliphatic hydroxyl groups is 1. The van der Waals surface area contributed by atoms with E-state index >= 15 is 0 Å². The quantitative estimate of drug-likeness (QED) is 0.605. The predicted molar refractivity (Wildman–Crippen MR) is 89.5 cm³/mol. The zero-order valence-electron chi connectivity index (χ0n) is 14.1. The Kier molecular flexibility index (Phi) is 5.67. The van der Waals surface area contributed by atoms with Crippen LogP contribution >= 0.6 is 0 Å². The lowest BCUT2D eigenvalue weighted by molar-refractivity contribution is 0.0129. The van der Waals surface area contributed by atoms with Crippen LogP contribution in [0.2, 0.25) is 0 Å². The molecule has 0 saturated carbocycles. The van der Waals surface area contributed by atoms with Gasteiger partial charge < -0.3 is 19.7 Å². The van der Waals surface area contributed by atoms with Gasteiger partial charge in [-0.05, 0) is 18.3 Å². The molecule has 0 bridgehead atoms. The summed E-state index contributed by atoms with van der Waals surface area (Å²) >= 11 is 0. The van der Waals surface area contributed by atoms with Crippen molar-refractivity contribution in [3.8, 4) is 0 Å². The summed E-state index contributed by atoms with van der Waals surface area (Å²) in [4.78, 5) is 44.0. The molecule has 3 rings (SSSR count). The molecule has 2 fully saturated rings. The second-order valence-electron chi connectivity index (χ2n) is 6.76. The van der Waals surface area contributed by atoms with E-state index in [1.165, 1.54) is 0 Å². The highest BCUT2D eigenvalue weighted by Crippen LogP contribution is 2.24. The molecule has 25 heavy (non-hydrogen) atoms. The van der Waals surface area contributed by atoms with E-state index in [1.54, 1.807) is 4.90 Å². The van der Waals surface area contributed by atoms with E-state index in [9.17, 15) is 19.5 Å². The first-order chi connectivity index (χ1) is 12.1. The molecule has 9 heteroatoms. The number of piperidine rings is 1. The standard InChI is InChI=1S/C16H24N4O5/c21-10-12-5-11(7-19-1-3-25-4-2-19)8-20(9-12)15(23)13-6-17-16(24)18-14(13)22/h6,11-12,21H,1-5,7-10H2,(H2,17,18,22,24)/t11-,12+/m1/s1. The molecule has 0 aromatic carbocycles. The zero-order valence-corrected chi connectivity index (χ0v) is 14.1. The molecule has 2 atom stereocenters. The van der Waals surface area contributed by atoms with Gasteiger partial charge in [0.15, 0.2) is 0 Å². The van der Waals surface area contributed by atoms with Gasteiger partial charge in [-0.25, -0.2) is 4.79 Å². The molecule has 0 unspecified atom stereocenters. The average Bonchev–Trinajstić information content (AvgIpc) is 2.62. The van der Waals surface area contributed by atoms with Gasteiger partial charge in [-0.1, -0.05) is 0 Å². The number of likely N-dealkylation sites (tertiary alicyclic amines) is 1. The van der Waals surface area contributed by atoms with Crippen LogP contribution in [-0.4, -0.2) is 83.3 Å². The van der Waals surface area contributed by atoms with Crippen LogP contribution in [0.3, 0.4) is 0 Å². The van der Waals surface area contributed by atoms with Crippen molar-refractivity contribution in [1.29, 1.82) is 0 Å². The lowest BCUT2D eigenvalue weighted by Crippen LogP contribution is -2.50. The number of morpholine rings is 1. The Morgan fingerprint density at radius 3 is 2.64 bits per heavy atom. The highest BCUT2D eigenvalue weighted by molar-refractivity contribution is 5.93. The number of ether oxygens (including phenoxy) is 1. The van der Waals surface area contributed by atoms with Gasteiger partial charge >= 0.3 is 5.69 Å². The molecule has 138 valence electrons. The molecule has 1 amide bonds. The fourth-order valence-electron chi connectivity index (χ4n) is 3.64. The molecule has 9 nitrogen and oxygen atoms in total. The first kappa shape index (κ1) is 17.8. The third-order valence-electron chi connectivity index (χ3n) is 4.84. The van der Waals surface area contributed by atoms with Crippen LogP contribution in [0.25, 0.3) is 0 Å². The van der Waals surface area contributed by atoms with Gasteiger partial charge in [0.05, 0.1) is 13.2 Å². The Morgan fingerprint density at radius 1 is 1.24 bits per heavy atom. The third-order valence-corrected chi connectivity index (χ3v) is 4.84. The predicted octanol–water partition coefficient (Wildman–Crippen LogP) is -1.53. The third kappa shape index (κ3) is 4.36. The zero-order chi connectivity index (χ0) is 17.8. The van der Waals surface area contributed by atoms with Crippen molar-refractivity contribution in [3.05, 3.63) is 32.6 Å². The lowest BCUT2D eigenvalue weighted by atomic mass is 9.88. The van der Waals surface area contributed by atoms with Gasteiger partial charge in [0.25, 0.3) is 11.5 Å². The lowest BCUT2D eigenvalue weighted by Gasteiger charge is -2.39. The van der Waals surface area contributed by atoms with Crippen molar-refractivity contribution < 1.29 is 14.6 Å². The number of H-pyrrole nitrogens is 2. The normalized spacial score (nSPS) is 25.1. The highest BCUT2D eigenvalue weighted by atomic mass is 16.5. The molecule has 3 N–H and O–H groups in total. The molecule has 2 aliphatic rings. The largest absolute Gasteiger partial charge is 0.396 e. The van der Waals surface area contributed by atoms with Crippen LogP contribution in [0.5, 0.6) is 0 Å². The summed E-state index contributed by atoms with van der Waals surface area (Å²) in [6.07, 6.45) is 2.00. The van der Waals surface area contributed by atoms with Crippen LogP contribution in [-0.2, 0) is 4.74 Å². The summed E-state index contributed by atoms with van der Waals surface area (Å²) in [6, 6.07) is 0. The summed E-state index contributed by atoms with van der Waals surface area (Å²) in [5, 5.41) is 9.59. The summed E-state index contributed by atoms with van der Waals surface area (Å²) in [5.41, 5.74) is -1.41. The second-order valence-corrected chi connectivity index (χ2v) is 6.76. The van der Waals surface area contributed by atoms with Crippen LogP contribution in [0.1, 0.15) is 16.8 Å². The number of amides is 1. The fourth-order valence-corrected chi connectivity index (χ4v) is 3.64. The minimum Gasteiger partial charge on any atom is -0.396 e. The molecule has 2 aliphatic heterocycles. The molecule has 0 spiro atoms. The minimum absolute atomic E-state index is 0.00533. The number of hydrogen-bond acceptors (Lipinski definition) is 6. The molecular formula is C16H24N4O5. The summed E-state index contributed by atoms with van der Waals surface area (Å²) in [5.74, 6) is -0.192. The van der Waals surface area contributed by atoms with Crippen molar-refractivity contribution in [2.45, 2.75) is 6.42 Å². The number of carbonyl (C=O) groups excluding carboxylic acids is 1. The van der Waals surface area contributed by atoms with Crippen molar-refractivity contribution in [3.63, 3.8) is 0 Å². The maximum absolute atomic E-state index is 12.7. The summed E-state index contributed by atoms with van der Waals surface area (Å²) in [7, 11) is 0. The Hall–Kier alpha value is -1.97. The second kappa shape index (κ2) is 7.94. The van der Waals surface area contributed by atoms with Crippen LogP contribution in [0.15, 0.2) is 15.8 Å². The van der Waals surface area contributed by atoms with Crippen molar-refractivity contribution in [1.82, 2.24) is 19.8 Å². The summed E-state index contributed by atoms with van der Waals surface area (Å²) < 4.78 is 5.36. The molecule has 0 radical (unpaired) electrons. The number of aromatic nitrogens is 2. The van der Waals surface area contributed by atoms with Crippen molar-refractivity contribution >= 4 is 5.91 Å². The van der Waals surface area contributed by atoms with Gasteiger partial charge in [0, 0.05) is 45.5 Å². The number of nitrogens with one attached hydrogen (secondary N) is 2. The van der Waals surface area contributed by atoms with Crippen LogP contribution < -0.4 is 11.2 Å². The van der Waals surface area contributed by atoms with E-state index in [1.807, 2.05) is 0 Å². The van der Waals surface area contributed by atoms with Crippen LogP contribution in [0, 0.1) is 11.8 Å². The highest BCUT2D eigenvalue weighted by Gasteiger charge is 2.32. The van der Waals surface area contributed by atoms with Gasteiger partial charge in [-0.3, -0.25) is 19.5 Å². The van der Waals surface area contributed by atoms with Gasteiger partial charge in [0.2, 0.25) is 0 Å². The Labute approximate surface area is 144 Å². The summed E-state index contributed by atoms with van der Waals surface area (Å²) in [6.45, 7) is 4.95. The fraction of sp³-hybridized carbons (Fsp3) is 0.688. The number of aromatic amines is 2. The molecule has 0 aliphatic carbocycles. The smallest absolute Gasteiger partial charge is 0.325 e.